The Morgan fingerprint density at radius 1 is 1.00 bits per heavy atom. The largest absolute Gasteiger partial charge is 0.490 e. The van der Waals surface area contributed by atoms with E-state index < -0.39 is 6.09 Å². The zero-order valence-corrected chi connectivity index (χ0v) is 13.1. The summed E-state index contributed by atoms with van der Waals surface area (Å²) >= 11 is 0. The standard InChI is InChI=1S/C17H21NO4/c1-4-18-17(19)22-14-11-15(20-5-2)16(21-6-3)13-10-8-7-9-12(13)14/h7-11H,4-6H2,1-3H3,(H,18,19). The highest BCUT2D eigenvalue weighted by atomic mass is 16.6. The van der Waals surface area contributed by atoms with Crippen molar-refractivity contribution >= 4 is 16.9 Å². The number of nitrogens with one attached hydrogen (secondary N) is 1. The van der Waals surface area contributed by atoms with Crippen molar-refractivity contribution < 1.29 is 19.0 Å². The Balaban J connectivity index is 2.55. The Bertz CT molecular complexity index is 654. The molecule has 0 bridgehead atoms. The van der Waals surface area contributed by atoms with E-state index in [1.54, 1.807) is 6.07 Å². The molecule has 0 aliphatic rings. The summed E-state index contributed by atoms with van der Waals surface area (Å²) < 4.78 is 16.8. The van der Waals surface area contributed by atoms with E-state index in [0.717, 1.165) is 10.8 Å². The molecule has 0 aliphatic heterocycles. The summed E-state index contributed by atoms with van der Waals surface area (Å²) in [6, 6.07) is 9.32. The van der Waals surface area contributed by atoms with E-state index in [1.807, 2.05) is 45.0 Å². The van der Waals surface area contributed by atoms with Crippen LogP contribution in [0.4, 0.5) is 4.79 Å². The van der Waals surface area contributed by atoms with E-state index in [4.69, 9.17) is 14.2 Å². The van der Waals surface area contributed by atoms with E-state index in [0.29, 0.717) is 37.0 Å². The van der Waals surface area contributed by atoms with Gasteiger partial charge in [-0.25, -0.2) is 4.79 Å². The third-order valence-corrected chi connectivity index (χ3v) is 3.04. The molecule has 5 nitrogen and oxygen atoms in total. The summed E-state index contributed by atoms with van der Waals surface area (Å²) in [6.45, 7) is 7.19. The van der Waals surface area contributed by atoms with Crippen LogP contribution < -0.4 is 19.5 Å². The van der Waals surface area contributed by atoms with Crippen LogP contribution in [0.25, 0.3) is 10.8 Å². The molecule has 1 amide bonds. The summed E-state index contributed by atoms with van der Waals surface area (Å²) in [5.41, 5.74) is 0. The number of amides is 1. The van der Waals surface area contributed by atoms with Crippen LogP contribution >= 0.6 is 0 Å². The lowest BCUT2D eigenvalue weighted by atomic mass is 10.1. The summed E-state index contributed by atoms with van der Waals surface area (Å²) in [6.07, 6.45) is -0.487. The third kappa shape index (κ3) is 3.42. The van der Waals surface area contributed by atoms with Gasteiger partial charge in [0.05, 0.1) is 13.2 Å². The van der Waals surface area contributed by atoms with Crippen molar-refractivity contribution in [1.82, 2.24) is 5.32 Å². The first-order valence-corrected chi connectivity index (χ1v) is 7.48. The quantitative estimate of drug-likeness (QED) is 0.883. The van der Waals surface area contributed by atoms with Gasteiger partial charge in [0.15, 0.2) is 11.5 Å². The minimum atomic E-state index is -0.487. The van der Waals surface area contributed by atoms with Gasteiger partial charge in [0.2, 0.25) is 0 Å². The molecular weight excluding hydrogens is 282 g/mol. The molecule has 1 N–H and O–H groups in total. The molecule has 0 spiro atoms. The first-order valence-electron chi connectivity index (χ1n) is 7.48. The molecule has 0 fully saturated rings. The second kappa shape index (κ2) is 7.54. The highest BCUT2D eigenvalue weighted by Crippen LogP contribution is 2.41. The highest BCUT2D eigenvalue weighted by molar-refractivity contribution is 5.96. The number of fused-ring (bicyclic) bond motifs is 1. The Morgan fingerprint density at radius 2 is 1.68 bits per heavy atom. The second-order valence-corrected chi connectivity index (χ2v) is 4.53. The molecule has 2 aromatic rings. The maximum absolute atomic E-state index is 11.7. The van der Waals surface area contributed by atoms with Gasteiger partial charge in [-0.15, -0.1) is 0 Å². The van der Waals surface area contributed by atoms with Crippen molar-refractivity contribution in [2.45, 2.75) is 20.8 Å². The maximum Gasteiger partial charge on any atom is 0.412 e. The lowest BCUT2D eigenvalue weighted by molar-refractivity contribution is 0.201. The maximum atomic E-state index is 11.7. The van der Waals surface area contributed by atoms with Gasteiger partial charge in [-0.2, -0.15) is 0 Å². The minimum Gasteiger partial charge on any atom is -0.490 e. The third-order valence-electron chi connectivity index (χ3n) is 3.04. The Hall–Kier alpha value is -2.43. The van der Waals surface area contributed by atoms with Crippen molar-refractivity contribution in [1.29, 1.82) is 0 Å². The lowest BCUT2D eigenvalue weighted by Gasteiger charge is -2.16. The average Bonchev–Trinajstić information content (AvgIpc) is 2.51. The number of ether oxygens (including phenoxy) is 3. The molecule has 0 atom stereocenters. The number of rotatable bonds is 6. The van der Waals surface area contributed by atoms with Crippen LogP contribution in [0.15, 0.2) is 30.3 Å². The molecule has 5 heteroatoms. The van der Waals surface area contributed by atoms with Crippen molar-refractivity contribution in [2.75, 3.05) is 19.8 Å². The highest BCUT2D eigenvalue weighted by Gasteiger charge is 2.16. The van der Waals surface area contributed by atoms with E-state index in [1.165, 1.54) is 0 Å². The summed E-state index contributed by atoms with van der Waals surface area (Å²) in [5.74, 6) is 1.69. The molecule has 0 unspecified atom stereocenters. The lowest BCUT2D eigenvalue weighted by Crippen LogP contribution is -2.26. The molecule has 0 saturated carbocycles. The summed E-state index contributed by atoms with van der Waals surface area (Å²) in [7, 11) is 0. The molecule has 0 aliphatic carbocycles. The average molecular weight is 303 g/mol. The Labute approximate surface area is 130 Å². The van der Waals surface area contributed by atoms with Gasteiger partial charge >= 0.3 is 6.09 Å². The van der Waals surface area contributed by atoms with Crippen molar-refractivity contribution in [3.8, 4) is 17.2 Å². The number of hydrogen-bond donors (Lipinski definition) is 1. The second-order valence-electron chi connectivity index (χ2n) is 4.53. The smallest absolute Gasteiger partial charge is 0.412 e. The predicted molar refractivity (Wildman–Crippen MR) is 86.0 cm³/mol. The fourth-order valence-electron chi connectivity index (χ4n) is 2.21. The normalized spacial score (nSPS) is 10.3. The van der Waals surface area contributed by atoms with E-state index in [-0.39, 0.29) is 0 Å². The summed E-state index contributed by atoms with van der Waals surface area (Å²) in [5, 5.41) is 4.28. The minimum absolute atomic E-state index is 0.452. The molecule has 0 aromatic heterocycles. The predicted octanol–water partition coefficient (Wildman–Crippen LogP) is 3.75. The molecule has 0 saturated heterocycles. The van der Waals surface area contributed by atoms with Crippen molar-refractivity contribution in [3.63, 3.8) is 0 Å². The first-order chi connectivity index (χ1) is 10.7. The van der Waals surface area contributed by atoms with E-state index in [2.05, 4.69) is 5.32 Å². The topological polar surface area (TPSA) is 56.8 Å². The zero-order valence-electron chi connectivity index (χ0n) is 13.1. The Kier molecular flexibility index (Phi) is 5.47. The van der Waals surface area contributed by atoms with Gasteiger partial charge in [0, 0.05) is 23.4 Å². The fourth-order valence-corrected chi connectivity index (χ4v) is 2.21. The van der Waals surface area contributed by atoms with Crippen LogP contribution in [0.1, 0.15) is 20.8 Å². The van der Waals surface area contributed by atoms with Crippen LogP contribution in [0.5, 0.6) is 17.2 Å². The molecule has 118 valence electrons. The molecular formula is C17H21NO4. The van der Waals surface area contributed by atoms with Crippen LogP contribution in [-0.2, 0) is 0 Å². The Morgan fingerprint density at radius 3 is 2.32 bits per heavy atom. The van der Waals surface area contributed by atoms with Crippen LogP contribution in [-0.4, -0.2) is 25.9 Å². The van der Waals surface area contributed by atoms with E-state index in [9.17, 15) is 4.79 Å². The van der Waals surface area contributed by atoms with Gasteiger partial charge in [-0.3, -0.25) is 0 Å². The SMILES string of the molecule is CCNC(=O)Oc1cc(OCC)c(OCC)c2ccccc12. The van der Waals surface area contributed by atoms with Crippen molar-refractivity contribution in [2.24, 2.45) is 0 Å². The number of hydrogen-bond acceptors (Lipinski definition) is 4. The first kappa shape index (κ1) is 15.9. The van der Waals surface area contributed by atoms with Gasteiger partial charge in [-0.05, 0) is 20.8 Å². The summed E-state index contributed by atoms with van der Waals surface area (Å²) in [4.78, 5) is 11.7. The number of carbonyl (C=O) groups is 1. The fraction of sp³-hybridized carbons (Fsp3) is 0.353. The molecule has 2 rings (SSSR count). The molecule has 2 aromatic carbocycles. The van der Waals surface area contributed by atoms with Crippen molar-refractivity contribution in [3.05, 3.63) is 30.3 Å². The molecule has 22 heavy (non-hydrogen) atoms. The van der Waals surface area contributed by atoms with E-state index >= 15 is 0 Å². The molecule has 0 heterocycles. The van der Waals surface area contributed by atoms with Gasteiger partial charge < -0.3 is 19.5 Å². The van der Waals surface area contributed by atoms with Crippen LogP contribution in [0.3, 0.4) is 0 Å². The van der Waals surface area contributed by atoms with Crippen LogP contribution in [0, 0.1) is 0 Å². The number of carbonyl (C=O) groups excluding carboxylic acids is 1. The monoisotopic (exact) mass is 303 g/mol. The number of benzene rings is 2. The van der Waals surface area contributed by atoms with Gasteiger partial charge in [0.25, 0.3) is 0 Å². The van der Waals surface area contributed by atoms with Gasteiger partial charge in [0.1, 0.15) is 5.75 Å². The molecule has 0 radical (unpaired) electrons. The van der Waals surface area contributed by atoms with Gasteiger partial charge in [-0.1, -0.05) is 24.3 Å². The zero-order chi connectivity index (χ0) is 15.9. The van der Waals surface area contributed by atoms with Crippen LogP contribution in [0.2, 0.25) is 0 Å².